The number of rotatable bonds is 2. The summed E-state index contributed by atoms with van der Waals surface area (Å²) in [4.78, 5) is 10.1. The lowest BCUT2D eigenvalue weighted by atomic mass is 10.2. The fourth-order valence-corrected chi connectivity index (χ4v) is 2.66. The van der Waals surface area contributed by atoms with Gasteiger partial charge in [-0.25, -0.2) is 0 Å². The molecular formula is C15H21NO3Si. The van der Waals surface area contributed by atoms with Crippen molar-refractivity contribution < 1.29 is 10.0 Å². The van der Waals surface area contributed by atoms with Crippen LogP contribution in [0.5, 0.6) is 0 Å². The highest BCUT2D eigenvalue weighted by Gasteiger charge is 2.40. The molecule has 20 heavy (non-hydrogen) atoms. The number of benzene rings is 1. The van der Waals surface area contributed by atoms with Crippen LogP contribution in [-0.4, -0.2) is 23.8 Å². The second-order valence-electron chi connectivity index (χ2n) is 6.45. The number of nitro groups is 1. The highest BCUT2D eigenvalue weighted by atomic mass is 28.3. The molecule has 0 aliphatic carbocycles. The average molecular weight is 291 g/mol. The standard InChI is InChI=1S/C15H21NO3Si/c1-15(2,3)20(4,5)14(17)11-8-12-6-9-13(10-7-12)16(18)19/h6-7,9-10,14,17H,1-5H3. The fraction of sp³-hybridized carbons (Fsp3) is 0.467. The molecule has 1 N–H and O–H groups in total. The van der Waals surface area contributed by atoms with E-state index in [4.69, 9.17) is 0 Å². The van der Waals surface area contributed by atoms with Crippen LogP contribution in [0.15, 0.2) is 24.3 Å². The summed E-state index contributed by atoms with van der Waals surface area (Å²) >= 11 is 0. The molecule has 0 aromatic heterocycles. The summed E-state index contributed by atoms with van der Waals surface area (Å²) in [5.41, 5.74) is 0.0894. The van der Waals surface area contributed by atoms with Crippen LogP contribution in [0.1, 0.15) is 26.3 Å². The summed E-state index contributed by atoms with van der Waals surface area (Å²) in [5, 5.41) is 20.9. The Labute approximate surface area is 121 Å². The van der Waals surface area contributed by atoms with Crippen LogP contribution in [0.25, 0.3) is 0 Å². The lowest BCUT2D eigenvalue weighted by Crippen LogP contribution is -2.48. The van der Waals surface area contributed by atoms with E-state index in [-0.39, 0.29) is 10.7 Å². The number of hydrogen-bond donors (Lipinski definition) is 1. The van der Waals surface area contributed by atoms with E-state index in [1.165, 1.54) is 12.1 Å². The molecule has 0 saturated heterocycles. The Bertz CT molecular complexity index is 547. The van der Waals surface area contributed by atoms with Gasteiger partial charge in [0.2, 0.25) is 0 Å². The molecule has 0 amide bonds. The van der Waals surface area contributed by atoms with Gasteiger partial charge in [0, 0.05) is 17.7 Å². The predicted octanol–water partition coefficient (Wildman–Crippen LogP) is 3.35. The Kier molecular flexibility index (Phi) is 4.74. The zero-order chi connectivity index (χ0) is 15.6. The zero-order valence-electron chi connectivity index (χ0n) is 12.6. The highest BCUT2D eigenvalue weighted by Crippen LogP contribution is 2.37. The summed E-state index contributed by atoms with van der Waals surface area (Å²) in [6.07, 6.45) is 0. The Morgan fingerprint density at radius 2 is 1.75 bits per heavy atom. The molecule has 0 spiro atoms. The van der Waals surface area contributed by atoms with Gasteiger partial charge in [-0.05, 0) is 17.2 Å². The number of nitrogens with zero attached hydrogens (tertiary/aromatic N) is 1. The van der Waals surface area contributed by atoms with Gasteiger partial charge >= 0.3 is 0 Å². The molecule has 0 saturated carbocycles. The summed E-state index contributed by atoms with van der Waals surface area (Å²) in [7, 11) is -1.92. The van der Waals surface area contributed by atoms with Crippen molar-refractivity contribution in [3.05, 3.63) is 39.9 Å². The van der Waals surface area contributed by atoms with Crippen molar-refractivity contribution in [3.8, 4) is 11.8 Å². The van der Waals surface area contributed by atoms with Crippen LogP contribution < -0.4 is 0 Å². The van der Waals surface area contributed by atoms with E-state index in [2.05, 4.69) is 45.7 Å². The van der Waals surface area contributed by atoms with Crippen molar-refractivity contribution >= 4 is 13.8 Å². The monoisotopic (exact) mass is 291 g/mol. The van der Waals surface area contributed by atoms with E-state index < -0.39 is 18.7 Å². The molecule has 0 radical (unpaired) electrons. The van der Waals surface area contributed by atoms with Crippen LogP contribution in [0.3, 0.4) is 0 Å². The average Bonchev–Trinajstić information content (AvgIpc) is 2.34. The Morgan fingerprint density at radius 3 is 2.15 bits per heavy atom. The maximum atomic E-state index is 10.6. The van der Waals surface area contributed by atoms with Gasteiger partial charge in [-0.15, -0.1) is 0 Å². The minimum absolute atomic E-state index is 0.0421. The number of nitro benzene ring substituents is 1. The van der Waals surface area contributed by atoms with Crippen LogP contribution in [0.4, 0.5) is 5.69 Å². The van der Waals surface area contributed by atoms with Gasteiger partial charge in [-0.1, -0.05) is 45.7 Å². The van der Waals surface area contributed by atoms with Gasteiger partial charge in [-0.3, -0.25) is 10.1 Å². The zero-order valence-corrected chi connectivity index (χ0v) is 13.6. The molecule has 0 aliphatic heterocycles. The third-order valence-electron chi connectivity index (χ3n) is 4.05. The van der Waals surface area contributed by atoms with Gasteiger partial charge in [0.1, 0.15) is 13.8 Å². The quantitative estimate of drug-likeness (QED) is 0.393. The van der Waals surface area contributed by atoms with E-state index in [0.717, 1.165) is 0 Å². The van der Waals surface area contributed by atoms with Crippen molar-refractivity contribution in [3.63, 3.8) is 0 Å². The van der Waals surface area contributed by atoms with Gasteiger partial charge in [0.05, 0.1) is 4.92 Å². The first kappa shape index (κ1) is 16.4. The second-order valence-corrected chi connectivity index (χ2v) is 11.9. The van der Waals surface area contributed by atoms with E-state index >= 15 is 0 Å². The van der Waals surface area contributed by atoms with E-state index in [1.807, 2.05) is 0 Å². The largest absolute Gasteiger partial charge is 0.384 e. The Morgan fingerprint density at radius 1 is 1.25 bits per heavy atom. The first-order valence-corrected chi connectivity index (χ1v) is 9.57. The topological polar surface area (TPSA) is 63.4 Å². The number of non-ortho nitro benzene ring substituents is 1. The summed E-state index contributed by atoms with van der Waals surface area (Å²) in [6.45, 7) is 10.6. The maximum Gasteiger partial charge on any atom is 0.269 e. The van der Waals surface area contributed by atoms with Gasteiger partial charge in [0.15, 0.2) is 0 Å². The summed E-state index contributed by atoms with van der Waals surface area (Å²) < 4.78 is 0. The fourth-order valence-electron chi connectivity index (χ4n) is 1.41. The number of aliphatic hydroxyl groups excluding tert-OH is 1. The minimum atomic E-state index is -1.92. The van der Waals surface area contributed by atoms with Gasteiger partial charge < -0.3 is 5.11 Å². The molecule has 1 atom stereocenters. The molecule has 0 aliphatic rings. The number of aliphatic hydroxyl groups is 1. The van der Waals surface area contributed by atoms with Crippen LogP contribution in [0, 0.1) is 22.0 Å². The molecule has 1 rings (SSSR count). The molecular weight excluding hydrogens is 270 g/mol. The van der Waals surface area contributed by atoms with E-state index in [1.54, 1.807) is 12.1 Å². The van der Waals surface area contributed by atoms with Crippen molar-refractivity contribution in [1.82, 2.24) is 0 Å². The van der Waals surface area contributed by atoms with E-state index in [0.29, 0.717) is 5.56 Å². The first-order valence-electron chi connectivity index (χ1n) is 6.50. The van der Waals surface area contributed by atoms with E-state index in [9.17, 15) is 15.2 Å². The summed E-state index contributed by atoms with van der Waals surface area (Å²) in [5.74, 6) is 5.79. The van der Waals surface area contributed by atoms with Crippen LogP contribution >= 0.6 is 0 Å². The Hall–Kier alpha value is -1.64. The molecule has 1 aromatic rings. The lowest BCUT2D eigenvalue weighted by molar-refractivity contribution is -0.384. The van der Waals surface area contributed by atoms with Crippen molar-refractivity contribution in [1.29, 1.82) is 0 Å². The minimum Gasteiger partial charge on any atom is -0.384 e. The molecule has 1 aromatic carbocycles. The van der Waals surface area contributed by atoms with Gasteiger partial charge in [-0.2, -0.15) is 0 Å². The smallest absolute Gasteiger partial charge is 0.269 e. The summed E-state index contributed by atoms with van der Waals surface area (Å²) in [6, 6.07) is 6.04. The van der Waals surface area contributed by atoms with Crippen LogP contribution in [-0.2, 0) is 0 Å². The SMILES string of the molecule is CC(C)(C)[Si](C)(C)C(O)C#Cc1ccc([N+](=O)[O-])cc1. The van der Waals surface area contributed by atoms with Crippen molar-refractivity contribution in [2.24, 2.45) is 0 Å². The molecule has 5 heteroatoms. The molecule has 108 valence electrons. The molecule has 0 bridgehead atoms. The third-order valence-corrected chi connectivity index (χ3v) is 9.43. The first-order chi connectivity index (χ1) is 9.05. The van der Waals surface area contributed by atoms with Gasteiger partial charge in [0.25, 0.3) is 5.69 Å². The second kappa shape index (κ2) is 5.78. The number of hydrogen-bond acceptors (Lipinski definition) is 3. The molecule has 1 unspecified atom stereocenters. The molecule has 4 nitrogen and oxygen atoms in total. The Balaban J connectivity index is 2.92. The predicted molar refractivity (Wildman–Crippen MR) is 83.2 cm³/mol. The lowest BCUT2D eigenvalue weighted by Gasteiger charge is -2.38. The third kappa shape index (κ3) is 3.68. The normalized spacial score (nSPS) is 13.3. The molecule has 0 fully saturated rings. The van der Waals surface area contributed by atoms with Crippen LogP contribution in [0.2, 0.25) is 18.1 Å². The highest BCUT2D eigenvalue weighted by molar-refractivity contribution is 6.81. The van der Waals surface area contributed by atoms with Crippen molar-refractivity contribution in [2.45, 2.75) is 44.6 Å². The maximum absolute atomic E-state index is 10.6. The molecule has 0 heterocycles. The van der Waals surface area contributed by atoms with Crippen molar-refractivity contribution in [2.75, 3.05) is 0 Å².